The first kappa shape index (κ1) is 10.2. The predicted molar refractivity (Wildman–Crippen MR) is 50.6 cm³/mol. The molecule has 0 amide bonds. The lowest BCUT2D eigenvalue weighted by molar-refractivity contribution is 0.170. The van der Waals surface area contributed by atoms with Gasteiger partial charge in [-0.25, -0.2) is 0 Å². The van der Waals surface area contributed by atoms with Gasteiger partial charge in [-0.15, -0.1) is 0 Å². The fraction of sp³-hybridized carbons (Fsp3) is 0.556. The average Bonchev–Trinajstić information content (AvgIpc) is 2.12. The zero-order valence-corrected chi connectivity index (χ0v) is 7.48. The van der Waals surface area contributed by atoms with Crippen LogP contribution < -0.4 is 11.5 Å². The topological polar surface area (TPSA) is 92.5 Å². The molecule has 0 aromatic carbocycles. The summed E-state index contributed by atoms with van der Waals surface area (Å²) >= 11 is 0. The molecule has 0 saturated heterocycles. The van der Waals surface area contributed by atoms with E-state index in [2.05, 4.69) is 0 Å². The molecule has 13 heavy (non-hydrogen) atoms. The minimum Gasteiger partial charge on any atom is -0.399 e. The number of allylic oxidation sites excluding steroid dienone is 1. The Kier molecular flexibility index (Phi) is 3.08. The smallest absolute Gasteiger partial charge is 0.0653 e. The summed E-state index contributed by atoms with van der Waals surface area (Å²) in [4.78, 5) is 0. The van der Waals surface area contributed by atoms with Crippen LogP contribution in [0.5, 0.6) is 0 Å². The molecule has 0 aromatic heterocycles. The van der Waals surface area contributed by atoms with E-state index in [1.165, 1.54) is 0 Å². The van der Waals surface area contributed by atoms with E-state index in [9.17, 15) is 0 Å². The number of aliphatic hydroxyl groups is 2. The SMILES string of the molecule is NC1=CC(CCO)C(N)(CO)C=C1. The number of rotatable bonds is 3. The molecule has 0 spiro atoms. The molecule has 2 unspecified atom stereocenters. The Hall–Kier alpha value is -0.840. The van der Waals surface area contributed by atoms with Gasteiger partial charge in [0.1, 0.15) is 0 Å². The summed E-state index contributed by atoms with van der Waals surface area (Å²) in [6.07, 6.45) is 5.68. The summed E-state index contributed by atoms with van der Waals surface area (Å²) in [6, 6.07) is 0. The summed E-state index contributed by atoms with van der Waals surface area (Å²) in [5, 5.41) is 17.9. The lowest BCUT2D eigenvalue weighted by atomic mass is 9.79. The van der Waals surface area contributed by atoms with Crippen LogP contribution in [0, 0.1) is 5.92 Å². The van der Waals surface area contributed by atoms with E-state index in [1.807, 2.05) is 0 Å². The highest BCUT2D eigenvalue weighted by molar-refractivity contribution is 5.29. The van der Waals surface area contributed by atoms with Gasteiger partial charge in [0.2, 0.25) is 0 Å². The molecular formula is C9H16N2O2. The van der Waals surface area contributed by atoms with E-state index >= 15 is 0 Å². The largest absolute Gasteiger partial charge is 0.399 e. The van der Waals surface area contributed by atoms with E-state index in [0.717, 1.165) is 0 Å². The Morgan fingerprint density at radius 3 is 2.69 bits per heavy atom. The van der Waals surface area contributed by atoms with Gasteiger partial charge in [0.05, 0.1) is 12.1 Å². The third-order valence-electron chi connectivity index (χ3n) is 2.38. The van der Waals surface area contributed by atoms with Crippen molar-refractivity contribution in [1.82, 2.24) is 0 Å². The maximum atomic E-state index is 9.11. The van der Waals surface area contributed by atoms with Crippen LogP contribution in [0.1, 0.15) is 6.42 Å². The van der Waals surface area contributed by atoms with Gasteiger partial charge in [-0.1, -0.05) is 12.2 Å². The van der Waals surface area contributed by atoms with E-state index in [-0.39, 0.29) is 19.1 Å². The minimum atomic E-state index is -0.772. The standard InChI is InChI=1S/C9H16N2O2/c10-8-1-3-9(11,6-13)7(5-8)2-4-12/h1,3,5,7,12-13H,2,4,6,10-11H2. The van der Waals surface area contributed by atoms with Crippen molar-refractivity contribution in [3.8, 4) is 0 Å². The van der Waals surface area contributed by atoms with Crippen LogP contribution in [0.3, 0.4) is 0 Å². The maximum Gasteiger partial charge on any atom is 0.0653 e. The van der Waals surface area contributed by atoms with Gasteiger partial charge in [0, 0.05) is 18.2 Å². The molecule has 0 fully saturated rings. The van der Waals surface area contributed by atoms with Crippen LogP contribution in [0.25, 0.3) is 0 Å². The molecule has 0 saturated carbocycles. The van der Waals surface area contributed by atoms with E-state index in [0.29, 0.717) is 12.1 Å². The molecular weight excluding hydrogens is 168 g/mol. The molecule has 2 atom stereocenters. The third kappa shape index (κ3) is 2.09. The second-order valence-electron chi connectivity index (χ2n) is 3.39. The van der Waals surface area contributed by atoms with Crippen molar-refractivity contribution in [1.29, 1.82) is 0 Å². The second kappa shape index (κ2) is 3.91. The van der Waals surface area contributed by atoms with Crippen molar-refractivity contribution < 1.29 is 10.2 Å². The summed E-state index contributed by atoms with van der Waals surface area (Å²) in [5.41, 5.74) is 11.3. The zero-order valence-electron chi connectivity index (χ0n) is 7.48. The number of nitrogens with two attached hydrogens (primary N) is 2. The zero-order chi connectivity index (χ0) is 9.90. The van der Waals surface area contributed by atoms with E-state index < -0.39 is 5.54 Å². The number of hydrogen-bond acceptors (Lipinski definition) is 4. The van der Waals surface area contributed by atoms with Gasteiger partial charge >= 0.3 is 0 Å². The molecule has 0 bridgehead atoms. The number of aliphatic hydroxyl groups excluding tert-OH is 2. The van der Waals surface area contributed by atoms with Gasteiger partial charge in [-0.05, 0) is 12.5 Å². The van der Waals surface area contributed by atoms with Crippen molar-refractivity contribution in [2.24, 2.45) is 17.4 Å². The number of hydrogen-bond donors (Lipinski definition) is 4. The highest BCUT2D eigenvalue weighted by Crippen LogP contribution is 2.25. The highest BCUT2D eigenvalue weighted by atomic mass is 16.3. The van der Waals surface area contributed by atoms with Gasteiger partial charge < -0.3 is 21.7 Å². The van der Waals surface area contributed by atoms with Crippen LogP contribution in [0.15, 0.2) is 23.9 Å². The first-order valence-corrected chi connectivity index (χ1v) is 4.29. The van der Waals surface area contributed by atoms with Gasteiger partial charge in [-0.2, -0.15) is 0 Å². The molecule has 4 nitrogen and oxygen atoms in total. The third-order valence-corrected chi connectivity index (χ3v) is 2.38. The quantitative estimate of drug-likeness (QED) is 0.457. The Morgan fingerprint density at radius 1 is 1.46 bits per heavy atom. The van der Waals surface area contributed by atoms with E-state index in [1.54, 1.807) is 18.2 Å². The molecule has 0 heterocycles. The van der Waals surface area contributed by atoms with E-state index in [4.69, 9.17) is 21.7 Å². The minimum absolute atomic E-state index is 0.0429. The predicted octanol–water partition coefficient (Wildman–Crippen LogP) is -0.913. The Morgan fingerprint density at radius 2 is 2.15 bits per heavy atom. The Bertz CT molecular complexity index is 238. The fourth-order valence-corrected chi connectivity index (χ4v) is 1.48. The van der Waals surface area contributed by atoms with Gasteiger partial charge in [-0.3, -0.25) is 0 Å². The van der Waals surface area contributed by atoms with Crippen LogP contribution in [0.4, 0.5) is 0 Å². The van der Waals surface area contributed by atoms with Gasteiger partial charge in [0.15, 0.2) is 0 Å². The van der Waals surface area contributed by atoms with Crippen LogP contribution in [-0.4, -0.2) is 29.0 Å². The van der Waals surface area contributed by atoms with Gasteiger partial charge in [0.25, 0.3) is 0 Å². The summed E-state index contributed by atoms with van der Waals surface area (Å²) < 4.78 is 0. The summed E-state index contributed by atoms with van der Waals surface area (Å²) in [6.45, 7) is -0.0980. The molecule has 74 valence electrons. The Labute approximate surface area is 77.5 Å². The normalized spacial score (nSPS) is 33.2. The summed E-state index contributed by atoms with van der Waals surface area (Å²) in [5.74, 6) is -0.0903. The van der Waals surface area contributed by atoms with Crippen molar-refractivity contribution in [3.05, 3.63) is 23.9 Å². The van der Waals surface area contributed by atoms with Crippen molar-refractivity contribution in [3.63, 3.8) is 0 Å². The fourth-order valence-electron chi connectivity index (χ4n) is 1.48. The molecule has 0 aliphatic heterocycles. The molecule has 1 aliphatic carbocycles. The molecule has 1 rings (SSSR count). The second-order valence-corrected chi connectivity index (χ2v) is 3.39. The average molecular weight is 184 g/mol. The monoisotopic (exact) mass is 184 g/mol. The lowest BCUT2D eigenvalue weighted by Gasteiger charge is -2.33. The molecule has 1 aliphatic rings. The summed E-state index contributed by atoms with van der Waals surface area (Å²) in [7, 11) is 0. The van der Waals surface area contributed by atoms with Crippen molar-refractivity contribution in [2.75, 3.05) is 13.2 Å². The molecule has 6 N–H and O–H groups in total. The first-order valence-electron chi connectivity index (χ1n) is 4.29. The highest BCUT2D eigenvalue weighted by Gasteiger charge is 2.32. The van der Waals surface area contributed by atoms with Crippen molar-refractivity contribution in [2.45, 2.75) is 12.0 Å². The van der Waals surface area contributed by atoms with Crippen molar-refractivity contribution >= 4 is 0 Å². The van der Waals surface area contributed by atoms with Crippen LogP contribution >= 0.6 is 0 Å². The van der Waals surface area contributed by atoms with Crippen LogP contribution in [0.2, 0.25) is 0 Å². The molecule has 0 radical (unpaired) electrons. The Balaban J connectivity index is 2.81. The van der Waals surface area contributed by atoms with Crippen LogP contribution in [-0.2, 0) is 0 Å². The lowest BCUT2D eigenvalue weighted by Crippen LogP contribution is -2.49. The maximum absolute atomic E-state index is 9.11. The molecule has 0 aromatic rings. The first-order chi connectivity index (χ1) is 6.12. The molecule has 4 heteroatoms.